The smallest absolute Gasteiger partial charge is 0.326 e. The molecule has 1 aromatic carbocycles. The zero-order chi connectivity index (χ0) is 17.9. The number of benzene rings is 1. The van der Waals surface area contributed by atoms with Crippen LogP contribution in [0, 0.1) is 17.3 Å². The quantitative estimate of drug-likeness (QED) is 0.623. The fourth-order valence-electron chi connectivity index (χ4n) is 5.86. The first-order valence-electron chi connectivity index (χ1n) is 8.81. The molecule has 2 atom stereocenters. The molecule has 1 N–H and O–H groups in total. The molecule has 4 aliphatic rings. The summed E-state index contributed by atoms with van der Waals surface area (Å²) in [6.45, 7) is 0. The van der Waals surface area contributed by atoms with Crippen LogP contribution in [-0.2, 0) is 11.0 Å². The molecule has 0 heterocycles. The van der Waals surface area contributed by atoms with Gasteiger partial charge in [0.1, 0.15) is 0 Å². The average molecular weight is 416 g/mol. The normalized spacial score (nSPS) is 36.5. The standard InChI is InChI=1S/C19H21BrF3NO/c20-18-8-12-4-13(9-18)7-17(6-12,11-18)10-16(25)24-15-3-1-2-14(5-15)19(21,22)23/h1-3,5,12-13H,4,6-11H2,(H,24,25)/t12-,13-,17?,18?/m0/s1. The maximum atomic E-state index is 12.8. The highest BCUT2D eigenvalue weighted by molar-refractivity contribution is 9.10. The Morgan fingerprint density at radius 1 is 1.20 bits per heavy atom. The Morgan fingerprint density at radius 2 is 1.88 bits per heavy atom. The first-order valence-corrected chi connectivity index (χ1v) is 9.60. The lowest BCUT2D eigenvalue weighted by molar-refractivity contribution is -0.137. The van der Waals surface area contributed by atoms with E-state index in [9.17, 15) is 18.0 Å². The van der Waals surface area contributed by atoms with E-state index in [1.54, 1.807) is 0 Å². The molecule has 1 aromatic rings. The highest BCUT2D eigenvalue weighted by atomic mass is 79.9. The minimum Gasteiger partial charge on any atom is -0.326 e. The molecule has 4 saturated carbocycles. The molecule has 6 heteroatoms. The van der Waals surface area contributed by atoms with Gasteiger partial charge in [0.25, 0.3) is 0 Å². The minimum absolute atomic E-state index is 0.0132. The van der Waals surface area contributed by atoms with Gasteiger partial charge in [0.05, 0.1) is 5.56 Å². The summed E-state index contributed by atoms with van der Waals surface area (Å²) in [5, 5.41) is 2.69. The fraction of sp³-hybridized carbons (Fsp3) is 0.632. The fourth-order valence-corrected chi connectivity index (χ4v) is 7.37. The Balaban J connectivity index is 1.46. The summed E-state index contributed by atoms with van der Waals surface area (Å²) in [7, 11) is 0. The predicted octanol–water partition coefficient (Wildman–Crippen LogP) is 5.77. The van der Waals surface area contributed by atoms with Crippen LogP contribution in [0.3, 0.4) is 0 Å². The molecule has 4 bridgehead atoms. The molecule has 0 aliphatic heterocycles. The summed E-state index contributed by atoms with van der Waals surface area (Å²) < 4.78 is 38.6. The molecule has 0 radical (unpaired) electrons. The van der Waals surface area contributed by atoms with Crippen LogP contribution in [0.15, 0.2) is 24.3 Å². The van der Waals surface area contributed by atoms with E-state index in [0.717, 1.165) is 31.4 Å². The Bertz CT molecular complexity index is 688. The van der Waals surface area contributed by atoms with Gasteiger partial charge in [-0.1, -0.05) is 22.0 Å². The van der Waals surface area contributed by atoms with Crippen LogP contribution in [-0.4, -0.2) is 10.2 Å². The molecule has 0 aromatic heterocycles. The lowest BCUT2D eigenvalue weighted by Crippen LogP contribution is -2.53. The number of halogens is 4. The van der Waals surface area contributed by atoms with Gasteiger partial charge in [-0.2, -0.15) is 13.2 Å². The van der Waals surface area contributed by atoms with Gasteiger partial charge in [-0.25, -0.2) is 0 Å². The zero-order valence-corrected chi connectivity index (χ0v) is 15.4. The molecule has 2 nitrogen and oxygen atoms in total. The summed E-state index contributed by atoms with van der Waals surface area (Å²) in [5.41, 5.74) is -0.503. The maximum absolute atomic E-state index is 12.8. The van der Waals surface area contributed by atoms with E-state index in [1.165, 1.54) is 31.4 Å². The molecule has 25 heavy (non-hydrogen) atoms. The number of anilines is 1. The lowest BCUT2D eigenvalue weighted by Gasteiger charge is -2.60. The third kappa shape index (κ3) is 3.46. The second kappa shape index (κ2) is 5.73. The highest BCUT2D eigenvalue weighted by Crippen LogP contribution is 2.65. The molecule has 136 valence electrons. The van der Waals surface area contributed by atoms with Crippen molar-refractivity contribution in [3.63, 3.8) is 0 Å². The topological polar surface area (TPSA) is 29.1 Å². The van der Waals surface area contributed by atoms with E-state index >= 15 is 0 Å². The molecule has 0 saturated heterocycles. The van der Waals surface area contributed by atoms with Gasteiger partial charge in [0, 0.05) is 16.4 Å². The van der Waals surface area contributed by atoms with Gasteiger partial charge in [-0.3, -0.25) is 4.79 Å². The van der Waals surface area contributed by atoms with Crippen molar-refractivity contribution in [2.45, 2.75) is 55.4 Å². The third-order valence-corrected chi connectivity index (χ3v) is 7.05. The lowest BCUT2D eigenvalue weighted by atomic mass is 9.48. The maximum Gasteiger partial charge on any atom is 0.416 e. The van der Waals surface area contributed by atoms with Gasteiger partial charge >= 0.3 is 6.18 Å². The predicted molar refractivity (Wildman–Crippen MR) is 93.5 cm³/mol. The number of alkyl halides is 4. The summed E-state index contributed by atoms with van der Waals surface area (Å²) in [6.07, 6.45) is 2.82. The van der Waals surface area contributed by atoms with E-state index in [-0.39, 0.29) is 21.3 Å². The highest BCUT2D eigenvalue weighted by Gasteiger charge is 2.57. The van der Waals surface area contributed by atoms with Crippen LogP contribution in [0.2, 0.25) is 0 Å². The molecule has 4 aliphatic carbocycles. The van der Waals surface area contributed by atoms with Crippen molar-refractivity contribution in [2.24, 2.45) is 17.3 Å². The van der Waals surface area contributed by atoms with Gasteiger partial charge < -0.3 is 5.32 Å². The average Bonchev–Trinajstić information content (AvgIpc) is 2.42. The van der Waals surface area contributed by atoms with E-state index in [4.69, 9.17) is 0 Å². The number of amides is 1. The van der Waals surface area contributed by atoms with Crippen molar-refractivity contribution in [1.82, 2.24) is 0 Å². The number of hydrogen-bond acceptors (Lipinski definition) is 1. The molecule has 0 unspecified atom stereocenters. The first kappa shape index (κ1) is 17.4. The molecular weight excluding hydrogens is 395 g/mol. The van der Waals surface area contributed by atoms with Crippen molar-refractivity contribution < 1.29 is 18.0 Å². The van der Waals surface area contributed by atoms with Crippen LogP contribution in [0.1, 0.15) is 50.5 Å². The van der Waals surface area contributed by atoms with Crippen LogP contribution in [0.25, 0.3) is 0 Å². The monoisotopic (exact) mass is 415 g/mol. The van der Waals surface area contributed by atoms with Gasteiger partial charge in [0.15, 0.2) is 0 Å². The summed E-state index contributed by atoms with van der Waals surface area (Å²) in [5.74, 6) is 1.20. The number of carbonyl (C=O) groups excluding carboxylic acids is 1. The van der Waals surface area contributed by atoms with Crippen molar-refractivity contribution in [1.29, 1.82) is 0 Å². The van der Waals surface area contributed by atoms with E-state index < -0.39 is 11.7 Å². The van der Waals surface area contributed by atoms with Gasteiger partial charge in [-0.15, -0.1) is 0 Å². The molecule has 0 spiro atoms. The zero-order valence-electron chi connectivity index (χ0n) is 13.8. The molecule has 4 fully saturated rings. The summed E-state index contributed by atoms with van der Waals surface area (Å²) in [6, 6.07) is 4.86. The van der Waals surface area contributed by atoms with Gasteiger partial charge in [-0.05, 0) is 74.0 Å². The third-order valence-electron chi connectivity index (χ3n) is 6.12. The number of carbonyl (C=O) groups is 1. The number of nitrogens with one attached hydrogen (secondary N) is 1. The van der Waals surface area contributed by atoms with Crippen molar-refractivity contribution in [3.05, 3.63) is 29.8 Å². The Kier molecular flexibility index (Phi) is 3.98. The van der Waals surface area contributed by atoms with Crippen LogP contribution < -0.4 is 5.32 Å². The molecular formula is C19H21BrF3NO. The number of hydrogen-bond donors (Lipinski definition) is 1. The second-order valence-corrected chi connectivity index (χ2v) is 10.1. The van der Waals surface area contributed by atoms with Crippen LogP contribution in [0.5, 0.6) is 0 Å². The summed E-state index contributed by atoms with van der Waals surface area (Å²) in [4.78, 5) is 12.6. The van der Waals surface area contributed by atoms with E-state index in [0.29, 0.717) is 18.3 Å². The Morgan fingerprint density at radius 3 is 2.48 bits per heavy atom. The minimum atomic E-state index is -4.40. The van der Waals surface area contributed by atoms with Crippen LogP contribution >= 0.6 is 15.9 Å². The van der Waals surface area contributed by atoms with Crippen molar-refractivity contribution >= 4 is 27.5 Å². The summed E-state index contributed by atoms with van der Waals surface area (Å²) >= 11 is 3.92. The van der Waals surface area contributed by atoms with Crippen LogP contribution in [0.4, 0.5) is 18.9 Å². The van der Waals surface area contributed by atoms with Gasteiger partial charge in [0.2, 0.25) is 5.91 Å². The van der Waals surface area contributed by atoms with E-state index in [2.05, 4.69) is 21.2 Å². The van der Waals surface area contributed by atoms with Crippen molar-refractivity contribution in [2.75, 3.05) is 5.32 Å². The number of rotatable bonds is 3. The largest absolute Gasteiger partial charge is 0.416 e. The van der Waals surface area contributed by atoms with E-state index in [1.807, 2.05) is 0 Å². The Hall–Kier alpha value is -1.04. The second-order valence-electron chi connectivity index (χ2n) is 8.42. The molecule has 5 rings (SSSR count). The SMILES string of the molecule is O=C(CC12C[C@@H]3C[C@H](CC(Br)(C3)C1)C2)Nc1cccc(C(F)(F)F)c1. The first-order chi connectivity index (χ1) is 11.6. The van der Waals surface area contributed by atoms with Crippen molar-refractivity contribution in [3.8, 4) is 0 Å². The Labute approximate surface area is 153 Å². The molecule has 1 amide bonds.